The molecule has 0 saturated carbocycles. The lowest BCUT2D eigenvalue weighted by atomic mass is 9.94. The van der Waals surface area contributed by atoms with Gasteiger partial charge < -0.3 is 10.6 Å². The first-order valence-electron chi connectivity index (χ1n) is 6.93. The first-order valence-corrected chi connectivity index (χ1v) is 6.93. The molecule has 2 rings (SSSR count). The molecule has 4 nitrogen and oxygen atoms in total. The summed E-state index contributed by atoms with van der Waals surface area (Å²) in [5.74, 6) is -2.58. The molecule has 1 atom stereocenters. The third kappa shape index (κ3) is 7.36. The van der Waals surface area contributed by atoms with Gasteiger partial charge in [-0.2, -0.15) is 13.2 Å². The number of carbonyl (C=O) groups excluding carboxylic acids is 1. The number of rotatable bonds is 3. The fourth-order valence-corrected chi connectivity index (χ4v) is 2.01. The number of nitrogens with zero attached hydrogens (tertiary/aromatic N) is 1. The molecule has 9 heteroatoms. The molecule has 0 bridgehead atoms. The summed E-state index contributed by atoms with van der Waals surface area (Å²) in [5.41, 5.74) is 0.882. The Hall–Kier alpha value is -1.77. The van der Waals surface area contributed by atoms with Gasteiger partial charge in [-0.15, -0.1) is 0 Å². The largest absolute Gasteiger partial charge is 0.446 e. The summed E-state index contributed by atoms with van der Waals surface area (Å²) in [7, 11) is 0. The lowest BCUT2D eigenvalue weighted by molar-refractivity contribution is -0.156. The van der Waals surface area contributed by atoms with Crippen molar-refractivity contribution in [1.29, 1.82) is 0 Å². The van der Waals surface area contributed by atoms with Crippen molar-refractivity contribution in [2.24, 2.45) is 5.92 Å². The van der Waals surface area contributed by atoms with Crippen LogP contribution in [0.4, 0.5) is 27.8 Å². The molecule has 1 aliphatic heterocycles. The second-order valence-electron chi connectivity index (χ2n) is 5.13. The Morgan fingerprint density at radius 1 is 1.43 bits per heavy atom. The van der Waals surface area contributed by atoms with Gasteiger partial charge in [-0.25, -0.2) is 13.8 Å². The topological polar surface area (TPSA) is 54.0 Å². The van der Waals surface area contributed by atoms with Crippen LogP contribution in [0.25, 0.3) is 0 Å². The number of piperidine rings is 1. The quantitative estimate of drug-likeness (QED) is 0.657. The molecule has 0 aliphatic carbocycles. The van der Waals surface area contributed by atoms with Gasteiger partial charge >= 0.3 is 6.18 Å². The van der Waals surface area contributed by atoms with Gasteiger partial charge in [-0.3, -0.25) is 4.79 Å². The number of anilines is 1. The average Bonchev–Trinajstić information content (AvgIpc) is 2.46. The van der Waals surface area contributed by atoms with Crippen molar-refractivity contribution in [3.8, 4) is 0 Å². The van der Waals surface area contributed by atoms with Crippen molar-refractivity contribution in [3.63, 3.8) is 0 Å². The average molecular weight is 339 g/mol. The van der Waals surface area contributed by atoms with Crippen LogP contribution in [0.1, 0.15) is 12.1 Å². The van der Waals surface area contributed by atoms with Crippen LogP contribution >= 0.6 is 0 Å². The predicted octanol–water partition coefficient (Wildman–Crippen LogP) is 2.79. The molecule has 1 fully saturated rings. The zero-order chi connectivity index (χ0) is 17.5. The van der Waals surface area contributed by atoms with Crippen LogP contribution < -0.4 is 10.6 Å². The summed E-state index contributed by atoms with van der Waals surface area (Å²) in [6, 6.07) is 5.54. The molecule has 130 valence electrons. The highest BCUT2D eigenvalue weighted by Crippen LogP contribution is 2.29. The summed E-state index contributed by atoms with van der Waals surface area (Å²) >= 11 is 0. The van der Waals surface area contributed by atoms with Crippen molar-refractivity contribution in [3.05, 3.63) is 23.9 Å². The van der Waals surface area contributed by atoms with Crippen LogP contribution in [0, 0.1) is 12.8 Å². The van der Waals surface area contributed by atoms with E-state index in [9.17, 15) is 22.0 Å². The Bertz CT molecular complexity index is 507. The second kappa shape index (κ2) is 8.19. The van der Waals surface area contributed by atoms with Crippen LogP contribution in [0.3, 0.4) is 0 Å². The zero-order valence-electron chi connectivity index (χ0n) is 12.5. The number of nitrogens with one attached hydrogen (secondary N) is 2. The van der Waals surface area contributed by atoms with Crippen LogP contribution in [0.2, 0.25) is 0 Å². The summed E-state index contributed by atoms with van der Waals surface area (Å²) in [5, 5.41) is 5.71. The van der Waals surface area contributed by atoms with E-state index in [0.29, 0.717) is 18.8 Å². The maximum atomic E-state index is 13.5. The highest BCUT2D eigenvalue weighted by molar-refractivity contribution is 5.56. The van der Waals surface area contributed by atoms with E-state index in [1.54, 1.807) is 6.07 Å². The fourth-order valence-electron chi connectivity index (χ4n) is 2.01. The van der Waals surface area contributed by atoms with E-state index in [1.807, 2.05) is 19.1 Å². The van der Waals surface area contributed by atoms with E-state index in [-0.39, 0.29) is 13.1 Å². The number of hydrogen-bond acceptors (Lipinski definition) is 4. The summed E-state index contributed by atoms with van der Waals surface area (Å²) in [6.45, 7) is 2.58. The minimum Gasteiger partial charge on any atom is -0.370 e. The first-order chi connectivity index (χ1) is 10.6. The number of pyridine rings is 1. The van der Waals surface area contributed by atoms with E-state index < -0.39 is 24.3 Å². The summed E-state index contributed by atoms with van der Waals surface area (Å²) < 4.78 is 58.3. The number of aldehydes is 1. The number of hydrogen-bond donors (Lipinski definition) is 2. The van der Waals surface area contributed by atoms with E-state index in [4.69, 9.17) is 4.79 Å². The van der Waals surface area contributed by atoms with Gasteiger partial charge in [0.25, 0.3) is 5.92 Å². The minimum absolute atomic E-state index is 0.222. The molecule has 1 aromatic heterocycles. The summed E-state index contributed by atoms with van der Waals surface area (Å²) in [4.78, 5) is 12.9. The van der Waals surface area contributed by atoms with E-state index in [0.717, 1.165) is 5.69 Å². The fraction of sp³-hybridized carbons (Fsp3) is 0.571. The molecule has 1 aromatic rings. The molecule has 0 aromatic carbocycles. The highest BCUT2D eigenvalue weighted by Gasteiger charge is 2.41. The van der Waals surface area contributed by atoms with Gasteiger partial charge in [0.15, 0.2) is 0 Å². The Balaban J connectivity index is 0.000000379. The van der Waals surface area contributed by atoms with Crippen molar-refractivity contribution in [2.45, 2.75) is 25.4 Å². The number of alkyl halides is 5. The standard InChI is InChI=1S/C12H17F2N3.C2HF3O/c1-9-3-2-4-11(17-9)16-7-10-5-6-15-8-12(10,13)14;3-2(4,5)1-6/h2-4,10,15H,5-8H2,1H3,(H,16,17);1H/t10-;/m1./s1. The molecular weight excluding hydrogens is 321 g/mol. The van der Waals surface area contributed by atoms with Gasteiger partial charge in [0, 0.05) is 18.2 Å². The van der Waals surface area contributed by atoms with Crippen molar-refractivity contribution >= 4 is 12.1 Å². The maximum absolute atomic E-state index is 13.5. The van der Waals surface area contributed by atoms with Crippen LogP contribution in [0.15, 0.2) is 18.2 Å². The molecular formula is C14H18F5N3O. The van der Waals surface area contributed by atoms with Crippen molar-refractivity contribution in [2.75, 3.05) is 25.0 Å². The smallest absolute Gasteiger partial charge is 0.370 e. The third-order valence-corrected chi connectivity index (χ3v) is 3.18. The molecule has 0 unspecified atom stereocenters. The molecule has 2 heterocycles. The zero-order valence-corrected chi connectivity index (χ0v) is 12.5. The Morgan fingerprint density at radius 2 is 2.09 bits per heavy atom. The van der Waals surface area contributed by atoms with Crippen LogP contribution in [-0.2, 0) is 4.79 Å². The van der Waals surface area contributed by atoms with Gasteiger partial charge in [0.05, 0.1) is 6.54 Å². The third-order valence-electron chi connectivity index (χ3n) is 3.18. The van der Waals surface area contributed by atoms with Crippen LogP contribution in [0.5, 0.6) is 0 Å². The molecule has 0 radical (unpaired) electrons. The summed E-state index contributed by atoms with van der Waals surface area (Å²) in [6.07, 6.45) is -5.21. The van der Waals surface area contributed by atoms with Gasteiger partial charge in [-0.05, 0) is 32.0 Å². The number of aromatic nitrogens is 1. The monoisotopic (exact) mass is 339 g/mol. The van der Waals surface area contributed by atoms with Crippen molar-refractivity contribution < 1.29 is 26.7 Å². The van der Waals surface area contributed by atoms with Crippen molar-refractivity contribution in [1.82, 2.24) is 10.3 Å². The van der Waals surface area contributed by atoms with E-state index >= 15 is 0 Å². The molecule has 23 heavy (non-hydrogen) atoms. The Morgan fingerprint density at radius 3 is 2.61 bits per heavy atom. The maximum Gasteiger partial charge on any atom is 0.446 e. The Kier molecular flexibility index (Phi) is 6.86. The lowest BCUT2D eigenvalue weighted by Gasteiger charge is -2.32. The van der Waals surface area contributed by atoms with E-state index in [1.165, 1.54) is 0 Å². The molecule has 2 N–H and O–H groups in total. The predicted molar refractivity (Wildman–Crippen MR) is 75.5 cm³/mol. The molecule has 0 spiro atoms. The van der Waals surface area contributed by atoms with E-state index in [2.05, 4.69) is 15.6 Å². The first kappa shape index (κ1) is 19.3. The lowest BCUT2D eigenvalue weighted by Crippen LogP contribution is -2.48. The van der Waals surface area contributed by atoms with Gasteiger partial charge in [0.2, 0.25) is 6.29 Å². The second-order valence-corrected chi connectivity index (χ2v) is 5.13. The van der Waals surface area contributed by atoms with Gasteiger partial charge in [-0.1, -0.05) is 6.07 Å². The van der Waals surface area contributed by atoms with Crippen LogP contribution in [-0.4, -0.2) is 43.0 Å². The molecule has 1 saturated heterocycles. The normalized spacial score (nSPS) is 20.2. The number of halogens is 5. The number of carbonyl (C=O) groups is 1. The number of aryl methyl sites for hydroxylation is 1. The highest BCUT2D eigenvalue weighted by atomic mass is 19.4. The minimum atomic E-state index is -4.64. The molecule has 0 amide bonds. The molecule has 1 aliphatic rings. The SMILES string of the molecule is Cc1cccc(NC[C@H]2CCNCC2(F)F)n1.O=CC(F)(F)F. The van der Waals surface area contributed by atoms with Gasteiger partial charge in [0.1, 0.15) is 5.82 Å². The Labute approximate surface area is 130 Å².